The van der Waals surface area contributed by atoms with Crippen LogP contribution in [0.4, 0.5) is 6.01 Å². The van der Waals surface area contributed by atoms with Crippen LogP contribution in [0.15, 0.2) is 28.9 Å². The molecule has 0 spiro atoms. The molecule has 3 aromatic rings. The fourth-order valence-corrected chi connectivity index (χ4v) is 3.47. The molecule has 0 atom stereocenters. The van der Waals surface area contributed by atoms with Crippen molar-refractivity contribution in [3.05, 3.63) is 40.1 Å². The van der Waals surface area contributed by atoms with Gasteiger partial charge in [-0.05, 0) is 31.4 Å². The topological polar surface area (TPSA) is 76.7 Å². The standard InChI is InChI=1S/C14H13N5OS/c1-2-10-11(3-1)21-12(17-10)8-16-14-19-18-13(20-14)9-4-6-15-7-5-9/h4-7H,1-3,8H2,(H,16,19). The number of pyridine rings is 1. The summed E-state index contributed by atoms with van der Waals surface area (Å²) in [7, 11) is 0. The molecule has 1 N–H and O–H groups in total. The summed E-state index contributed by atoms with van der Waals surface area (Å²) in [6, 6.07) is 4.09. The minimum Gasteiger partial charge on any atom is -0.403 e. The molecule has 6 nitrogen and oxygen atoms in total. The highest BCUT2D eigenvalue weighted by Gasteiger charge is 2.17. The van der Waals surface area contributed by atoms with Gasteiger partial charge in [-0.25, -0.2) is 4.98 Å². The van der Waals surface area contributed by atoms with Crippen LogP contribution in [0.2, 0.25) is 0 Å². The van der Waals surface area contributed by atoms with Gasteiger partial charge in [-0.3, -0.25) is 4.98 Å². The maximum Gasteiger partial charge on any atom is 0.316 e. The van der Waals surface area contributed by atoms with Crippen molar-refractivity contribution in [2.24, 2.45) is 0 Å². The van der Waals surface area contributed by atoms with Crippen molar-refractivity contribution < 1.29 is 4.42 Å². The van der Waals surface area contributed by atoms with Crippen LogP contribution in [0.5, 0.6) is 0 Å². The SMILES string of the molecule is c1cc(-c2nnc(NCc3nc4c(s3)CCC4)o2)ccn1. The minimum atomic E-state index is 0.414. The van der Waals surface area contributed by atoms with Crippen LogP contribution in [0.3, 0.4) is 0 Å². The van der Waals surface area contributed by atoms with Crippen molar-refractivity contribution in [2.75, 3.05) is 5.32 Å². The molecule has 21 heavy (non-hydrogen) atoms. The smallest absolute Gasteiger partial charge is 0.316 e. The molecule has 1 aliphatic rings. The van der Waals surface area contributed by atoms with Crippen LogP contribution in [-0.2, 0) is 19.4 Å². The number of nitrogens with zero attached hydrogens (tertiary/aromatic N) is 4. The van der Waals surface area contributed by atoms with Gasteiger partial charge in [0.2, 0.25) is 5.89 Å². The molecule has 1 aliphatic carbocycles. The zero-order valence-electron chi connectivity index (χ0n) is 11.2. The average Bonchev–Trinajstić information content (AvgIpc) is 3.21. The van der Waals surface area contributed by atoms with Crippen LogP contribution < -0.4 is 5.32 Å². The molecule has 0 fully saturated rings. The molecule has 0 bridgehead atoms. The normalized spacial score (nSPS) is 13.3. The van der Waals surface area contributed by atoms with Crippen LogP contribution in [-0.4, -0.2) is 20.2 Å². The van der Waals surface area contributed by atoms with E-state index in [-0.39, 0.29) is 0 Å². The Labute approximate surface area is 125 Å². The van der Waals surface area contributed by atoms with E-state index in [9.17, 15) is 0 Å². The second-order valence-electron chi connectivity index (χ2n) is 4.83. The van der Waals surface area contributed by atoms with Gasteiger partial charge in [0.25, 0.3) is 0 Å². The van der Waals surface area contributed by atoms with Crippen LogP contribution in [0.1, 0.15) is 22.0 Å². The Bertz CT molecular complexity index is 730. The summed E-state index contributed by atoms with van der Waals surface area (Å²) in [5.41, 5.74) is 2.12. The maximum absolute atomic E-state index is 5.58. The summed E-state index contributed by atoms with van der Waals surface area (Å²) in [6.45, 7) is 0.621. The minimum absolute atomic E-state index is 0.414. The van der Waals surface area contributed by atoms with Gasteiger partial charge >= 0.3 is 6.01 Å². The van der Waals surface area contributed by atoms with Crippen molar-refractivity contribution >= 4 is 17.4 Å². The third-order valence-corrected chi connectivity index (χ3v) is 4.54. The quantitative estimate of drug-likeness (QED) is 0.798. The summed E-state index contributed by atoms with van der Waals surface area (Å²) >= 11 is 1.77. The molecule has 0 aromatic carbocycles. The Morgan fingerprint density at radius 2 is 2.10 bits per heavy atom. The summed E-state index contributed by atoms with van der Waals surface area (Å²) in [6.07, 6.45) is 6.91. The third kappa shape index (κ3) is 2.52. The predicted molar refractivity (Wildman–Crippen MR) is 79.0 cm³/mol. The average molecular weight is 299 g/mol. The lowest BCUT2D eigenvalue weighted by atomic mass is 10.3. The van der Waals surface area contributed by atoms with Crippen LogP contribution in [0, 0.1) is 0 Å². The number of rotatable bonds is 4. The van der Waals surface area contributed by atoms with E-state index in [1.54, 1.807) is 23.7 Å². The van der Waals surface area contributed by atoms with E-state index in [2.05, 4.69) is 25.5 Å². The molecule has 0 aliphatic heterocycles. The van der Waals surface area contributed by atoms with Gasteiger partial charge in [-0.15, -0.1) is 16.4 Å². The Morgan fingerprint density at radius 1 is 1.19 bits per heavy atom. The van der Waals surface area contributed by atoms with E-state index in [4.69, 9.17) is 4.42 Å². The van der Waals surface area contributed by atoms with E-state index >= 15 is 0 Å². The first kappa shape index (κ1) is 12.5. The number of aromatic nitrogens is 4. The molecule has 0 amide bonds. The van der Waals surface area contributed by atoms with E-state index < -0.39 is 0 Å². The van der Waals surface area contributed by atoms with Gasteiger partial charge in [-0.1, -0.05) is 5.10 Å². The molecule has 0 radical (unpaired) electrons. The highest BCUT2D eigenvalue weighted by atomic mass is 32.1. The predicted octanol–water partition coefficient (Wildman–Crippen LogP) is 2.69. The Hall–Kier alpha value is -2.28. The number of aryl methyl sites for hydroxylation is 2. The van der Waals surface area contributed by atoms with Crippen molar-refractivity contribution in [1.82, 2.24) is 20.2 Å². The van der Waals surface area contributed by atoms with Gasteiger partial charge in [0, 0.05) is 22.8 Å². The first-order chi connectivity index (χ1) is 10.4. The van der Waals surface area contributed by atoms with Crippen LogP contribution >= 0.6 is 11.3 Å². The lowest BCUT2D eigenvalue weighted by molar-refractivity contribution is 0.580. The number of thiazole rings is 1. The lowest BCUT2D eigenvalue weighted by Gasteiger charge is -1.97. The third-order valence-electron chi connectivity index (χ3n) is 3.38. The van der Waals surface area contributed by atoms with Crippen molar-refractivity contribution in [2.45, 2.75) is 25.8 Å². The Kier molecular flexibility index (Phi) is 3.11. The number of anilines is 1. The highest BCUT2D eigenvalue weighted by Crippen LogP contribution is 2.28. The van der Waals surface area contributed by atoms with Gasteiger partial charge < -0.3 is 9.73 Å². The molecule has 0 unspecified atom stereocenters. The number of hydrogen-bond donors (Lipinski definition) is 1. The van der Waals surface area contributed by atoms with E-state index in [1.807, 2.05) is 12.1 Å². The van der Waals surface area contributed by atoms with Gasteiger partial charge in [0.15, 0.2) is 0 Å². The van der Waals surface area contributed by atoms with Crippen molar-refractivity contribution in [1.29, 1.82) is 0 Å². The zero-order valence-corrected chi connectivity index (χ0v) is 12.1. The Balaban J connectivity index is 1.44. The maximum atomic E-state index is 5.58. The molecule has 0 saturated carbocycles. The Morgan fingerprint density at radius 3 is 2.95 bits per heavy atom. The second-order valence-corrected chi connectivity index (χ2v) is 6.00. The number of fused-ring (bicyclic) bond motifs is 1. The highest BCUT2D eigenvalue weighted by molar-refractivity contribution is 7.11. The summed E-state index contributed by atoms with van der Waals surface area (Å²) in [5.74, 6) is 0.488. The molecule has 106 valence electrons. The molecule has 0 saturated heterocycles. The fourth-order valence-electron chi connectivity index (χ4n) is 2.38. The first-order valence-corrected chi connectivity index (χ1v) is 7.65. The van der Waals surface area contributed by atoms with E-state index in [0.29, 0.717) is 18.5 Å². The number of nitrogens with one attached hydrogen (secondary N) is 1. The number of hydrogen-bond acceptors (Lipinski definition) is 7. The van der Waals surface area contributed by atoms with Crippen molar-refractivity contribution in [3.8, 4) is 11.5 Å². The molecule has 4 rings (SSSR count). The molecule has 7 heteroatoms. The molecular formula is C14H13N5OS. The molecular weight excluding hydrogens is 286 g/mol. The van der Waals surface area contributed by atoms with Gasteiger partial charge in [0.05, 0.1) is 12.2 Å². The first-order valence-electron chi connectivity index (χ1n) is 6.84. The fraction of sp³-hybridized carbons (Fsp3) is 0.286. The molecule has 3 aromatic heterocycles. The van der Waals surface area contributed by atoms with Crippen LogP contribution in [0.25, 0.3) is 11.5 Å². The van der Waals surface area contributed by atoms with Gasteiger partial charge in [0.1, 0.15) is 5.01 Å². The lowest BCUT2D eigenvalue weighted by Crippen LogP contribution is -1.99. The largest absolute Gasteiger partial charge is 0.403 e. The van der Waals surface area contributed by atoms with E-state index in [1.165, 1.54) is 23.4 Å². The second kappa shape index (κ2) is 5.25. The monoisotopic (exact) mass is 299 g/mol. The summed E-state index contributed by atoms with van der Waals surface area (Å²) < 4.78 is 5.58. The van der Waals surface area contributed by atoms with Gasteiger partial charge in [-0.2, -0.15) is 0 Å². The van der Waals surface area contributed by atoms with E-state index in [0.717, 1.165) is 17.0 Å². The summed E-state index contributed by atoms with van der Waals surface area (Å²) in [4.78, 5) is 10.0. The molecule has 3 heterocycles. The van der Waals surface area contributed by atoms with Crippen molar-refractivity contribution in [3.63, 3.8) is 0 Å². The zero-order chi connectivity index (χ0) is 14.1. The summed E-state index contributed by atoms with van der Waals surface area (Å²) in [5, 5.41) is 12.2.